The van der Waals surface area contributed by atoms with E-state index in [-0.39, 0.29) is 11.8 Å². The van der Waals surface area contributed by atoms with E-state index in [2.05, 4.69) is 27.8 Å². The van der Waals surface area contributed by atoms with Gasteiger partial charge in [-0.25, -0.2) is 8.10 Å². The molecule has 2 heterocycles. The minimum Gasteiger partial charge on any atom is -0.492 e. The number of fused-ring (bicyclic) bond motifs is 1. The van der Waals surface area contributed by atoms with Crippen LogP contribution in [0.15, 0.2) is 59.5 Å². The van der Waals surface area contributed by atoms with Crippen LogP contribution in [-0.2, 0) is 11.2 Å². The van der Waals surface area contributed by atoms with Gasteiger partial charge in [0, 0.05) is 12.1 Å². The Labute approximate surface area is 195 Å². The first-order valence-corrected chi connectivity index (χ1v) is 11.0. The second-order valence-corrected chi connectivity index (χ2v) is 8.60. The van der Waals surface area contributed by atoms with Crippen molar-refractivity contribution in [2.45, 2.75) is 6.42 Å². The van der Waals surface area contributed by atoms with E-state index >= 15 is 0 Å². The zero-order chi connectivity index (χ0) is 21.8. The van der Waals surface area contributed by atoms with Gasteiger partial charge in [0.1, 0.15) is 24.7 Å². The summed E-state index contributed by atoms with van der Waals surface area (Å²) in [5, 5.41) is 0. The molecule has 2 aromatic carbocycles. The summed E-state index contributed by atoms with van der Waals surface area (Å²) >= 11 is 2.05. The molecule has 31 heavy (non-hydrogen) atoms. The summed E-state index contributed by atoms with van der Waals surface area (Å²) < 4.78 is 18.9. The first kappa shape index (κ1) is 21.6. The molecular formula is C23H24IN3O4. The molecule has 3 aromatic rings. The number of ether oxygens (including phenoxy) is 2. The monoisotopic (exact) mass is 533 g/mol. The van der Waals surface area contributed by atoms with Crippen molar-refractivity contribution in [1.82, 2.24) is 9.88 Å². The number of nitrogens with zero attached hydrogens (tertiary/aromatic N) is 3. The van der Waals surface area contributed by atoms with E-state index in [1.54, 1.807) is 9.31 Å². The van der Waals surface area contributed by atoms with Gasteiger partial charge in [-0.15, -0.1) is 0 Å². The third kappa shape index (κ3) is 5.01. The van der Waals surface area contributed by atoms with Crippen molar-refractivity contribution in [2.75, 3.05) is 37.0 Å². The Bertz CT molecular complexity index is 1040. The lowest BCUT2D eigenvalue weighted by molar-refractivity contribution is -0.122. The second kappa shape index (κ2) is 9.69. The van der Waals surface area contributed by atoms with Gasteiger partial charge in [0.25, 0.3) is 0 Å². The van der Waals surface area contributed by atoms with Crippen LogP contribution in [0.2, 0.25) is 0 Å². The maximum atomic E-state index is 13.3. The Balaban J connectivity index is 1.57. The van der Waals surface area contributed by atoms with E-state index in [0.717, 1.165) is 23.4 Å². The molecule has 4 rings (SSSR count). The fraction of sp³-hybridized carbons (Fsp3) is 0.304. The molecule has 0 aliphatic carbocycles. The fourth-order valence-corrected chi connectivity index (χ4v) is 4.20. The minimum atomic E-state index is -0.254. The summed E-state index contributed by atoms with van der Waals surface area (Å²) in [5.41, 5.74) is 2.60. The van der Waals surface area contributed by atoms with Gasteiger partial charge in [-0.05, 0) is 50.3 Å². The summed E-state index contributed by atoms with van der Waals surface area (Å²) in [5.74, 6) is 1.86. The summed E-state index contributed by atoms with van der Waals surface area (Å²) in [7, 11) is 3.98. The molecule has 0 saturated heterocycles. The number of para-hydroxylation sites is 1. The number of carbonyl (C=O) groups is 1. The number of hydrogen-bond acceptors (Lipinski definition) is 6. The van der Waals surface area contributed by atoms with Crippen LogP contribution < -0.4 is 12.6 Å². The van der Waals surface area contributed by atoms with Crippen molar-refractivity contribution in [3.05, 3.63) is 60.6 Å². The molecule has 1 amide bonds. The number of rotatable bonds is 7. The van der Waals surface area contributed by atoms with Crippen LogP contribution in [0.25, 0.3) is 11.3 Å². The average molecular weight is 533 g/mol. The third-order valence-electron chi connectivity index (χ3n) is 5.11. The van der Waals surface area contributed by atoms with Gasteiger partial charge in [0.05, 0.1) is 40.7 Å². The standard InChI is InChI=1S/C23H24IN3O4/c1-26(2)9-10-29-21-12-17(22-13-25-15-31-22)7-8-19(21)27(24)23(28)18-11-16-5-3-4-6-20(16)30-14-18/h3-8,12-13,15,18H,9-11,14H2,1-2H3. The molecule has 0 bridgehead atoms. The van der Waals surface area contributed by atoms with Crippen molar-refractivity contribution >= 4 is 34.5 Å². The zero-order valence-corrected chi connectivity index (χ0v) is 19.6. The molecule has 1 aliphatic heterocycles. The number of hydrogen-bond donors (Lipinski definition) is 0. The minimum absolute atomic E-state index is 0.0139. The number of carbonyl (C=O) groups excluding carboxylic acids is 1. The largest absolute Gasteiger partial charge is 0.492 e. The first-order valence-electron chi connectivity index (χ1n) is 10.0. The number of oxazole rings is 1. The van der Waals surface area contributed by atoms with Gasteiger partial charge in [-0.1, -0.05) is 18.2 Å². The summed E-state index contributed by atoms with van der Waals surface area (Å²) in [4.78, 5) is 19.3. The van der Waals surface area contributed by atoms with Crippen molar-refractivity contribution in [2.24, 2.45) is 5.92 Å². The number of halogens is 1. The Morgan fingerprint density at radius 2 is 2.10 bits per heavy atom. The molecule has 162 valence electrons. The van der Waals surface area contributed by atoms with Gasteiger partial charge in [-0.3, -0.25) is 4.79 Å². The fourth-order valence-electron chi connectivity index (χ4n) is 3.41. The van der Waals surface area contributed by atoms with E-state index in [0.29, 0.717) is 36.8 Å². The van der Waals surface area contributed by atoms with Crippen LogP contribution >= 0.6 is 22.9 Å². The SMILES string of the molecule is CN(C)CCOc1cc(-c2cnco2)ccc1N(I)C(=O)C1COc2ccccc2C1. The van der Waals surface area contributed by atoms with Gasteiger partial charge in [0.15, 0.2) is 12.2 Å². The molecule has 8 heteroatoms. The van der Waals surface area contributed by atoms with Crippen molar-refractivity contribution in [1.29, 1.82) is 0 Å². The van der Waals surface area contributed by atoms with Gasteiger partial charge < -0.3 is 18.8 Å². The van der Waals surface area contributed by atoms with E-state index in [9.17, 15) is 4.79 Å². The Hall–Kier alpha value is -2.59. The molecule has 0 saturated carbocycles. The lowest BCUT2D eigenvalue weighted by atomic mass is 9.96. The molecule has 0 radical (unpaired) electrons. The molecule has 1 atom stereocenters. The van der Waals surface area contributed by atoms with Crippen LogP contribution in [0.5, 0.6) is 11.5 Å². The van der Waals surface area contributed by atoms with Crippen LogP contribution in [-0.4, -0.2) is 49.6 Å². The Morgan fingerprint density at radius 3 is 2.87 bits per heavy atom. The quantitative estimate of drug-likeness (QED) is 0.335. The van der Waals surface area contributed by atoms with E-state index in [1.165, 1.54) is 6.39 Å². The Kier molecular flexibility index (Phi) is 6.77. The maximum Gasteiger partial charge on any atom is 0.242 e. The van der Waals surface area contributed by atoms with Crippen molar-refractivity contribution in [3.63, 3.8) is 0 Å². The lowest BCUT2D eigenvalue weighted by Crippen LogP contribution is -2.36. The number of benzene rings is 2. The molecule has 0 spiro atoms. The highest BCUT2D eigenvalue weighted by molar-refractivity contribution is 14.1. The number of aromatic nitrogens is 1. The van der Waals surface area contributed by atoms with E-state index in [4.69, 9.17) is 13.9 Å². The lowest BCUT2D eigenvalue weighted by Gasteiger charge is -2.28. The Morgan fingerprint density at radius 1 is 1.26 bits per heavy atom. The van der Waals surface area contributed by atoms with Gasteiger partial charge in [0.2, 0.25) is 5.91 Å². The van der Waals surface area contributed by atoms with Crippen LogP contribution in [0.1, 0.15) is 5.56 Å². The van der Waals surface area contributed by atoms with E-state index in [1.807, 2.05) is 61.5 Å². The molecule has 1 aliphatic rings. The predicted octanol–water partition coefficient (Wildman–Crippen LogP) is 4.22. The van der Waals surface area contributed by atoms with Crippen molar-refractivity contribution in [3.8, 4) is 22.8 Å². The molecule has 0 fully saturated rings. The van der Waals surface area contributed by atoms with Crippen LogP contribution in [0, 0.1) is 5.92 Å². The first-order chi connectivity index (χ1) is 15.0. The van der Waals surface area contributed by atoms with E-state index < -0.39 is 0 Å². The van der Waals surface area contributed by atoms with Gasteiger partial charge in [-0.2, -0.15) is 0 Å². The van der Waals surface area contributed by atoms with Crippen LogP contribution in [0.3, 0.4) is 0 Å². The summed E-state index contributed by atoms with van der Waals surface area (Å²) in [6.45, 7) is 1.62. The van der Waals surface area contributed by atoms with Gasteiger partial charge >= 0.3 is 0 Å². The number of likely N-dealkylation sites (N-methyl/N-ethyl adjacent to an activating group) is 1. The highest BCUT2D eigenvalue weighted by Crippen LogP contribution is 2.37. The molecule has 1 aromatic heterocycles. The third-order valence-corrected chi connectivity index (χ3v) is 6.10. The molecular weight excluding hydrogens is 509 g/mol. The molecule has 7 nitrogen and oxygen atoms in total. The zero-order valence-electron chi connectivity index (χ0n) is 17.5. The van der Waals surface area contributed by atoms with Crippen molar-refractivity contribution < 1.29 is 18.7 Å². The van der Waals surface area contributed by atoms with Crippen LogP contribution in [0.4, 0.5) is 5.69 Å². The second-order valence-electron chi connectivity index (χ2n) is 7.64. The number of anilines is 1. The summed E-state index contributed by atoms with van der Waals surface area (Å²) in [6, 6.07) is 13.5. The highest BCUT2D eigenvalue weighted by atomic mass is 127. The predicted molar refractivity (Wildman–Crippen MR) is 127 cm³/mol. The molecule has 0 N–H and O–H groups in total. The summed E-state index contributed by atoms with van der Waals surface area (Å²) in [6.07, 6.45) is 3.70. The smallest absolute Gasteiger partial charge is 0.242 e. The normalized spacial score (nSPS) is 15.3. The maximum absolute atomic E-state index is 13.3. The molecule has 1 unspecified atom stereocenters. The average Bonchev–Trinajstić information content (AvgIpc) is 3.32. The topological polar surface area (TPSA) is 68.0 Å². The highest BCUT2D eigenvalue weighted by Gasteiger charge is 2.30. The number of amides is 1.